The van der Waals surface area contributed by atoms with Crippen LogP contribution in [-0.4, -0.2) is 17.1 Å². The van der Waals surface area contributed by atoms with E-state index < -0.39 is 0 Å². The van der Waals surface area contributed by atoms with Crippen LogP contribution in [0.2, 0.25) is 0 Å². The van der Waals surface area contributed by atoms with Crippen molar-refractivity contribution >= 4 is 0 Å². The molecule has 0 atom stereocenters. The number of nitrogens with one attached hydrogen (secondary N) is 1. The first-order valence-electron chi connectivity index (χ1n) is 7.11. The van der Waals surface area contributed by atoms with Crippen LogP contribution in [0.4, 0.5) is 0 Å². The van der Waals surface area contributed by atoms with Gasteiger partial charge in [0, 0.05) is 29.9 Å². The van der Waals surface area contributed by atoms with Crippen LogP contribution in [0.3, 0.4) is 0 Å². The maximum atomic E-state index is 4.14. The Labute approximate surface area is 111 Å². The second-order valence-corrected chi connectivity index (χ2v) is 6.80. The third-order valence-electron chi connectivity index (χ3n) is 4.19. The molecular weight excluding hydrogens is 220 g/mol. The Morgan fingerprint density at radius 1 is 1.28 bits per heavy atom. The molecule has 2 heteroatoms. The number of hydrogen-bond acceptors (Lipinski definition) is 2. The fourth-order valence-corrected chi connectivity index (χ4v) is 2.96. The van der Waals surface area contributed by atoms with E-state index in [2.05, 4.69) is 50.1 Å². The lowest BCUT2D eigenvalue weighted by molar-refractivity contribution is 0.124. The van der Waals surface area contributed by atoms with Gasteiger partial charge in [0.25, 0.3) is 0 Å². The number of hydrogen-bond donors (Lipinski definition) is 1. The average molecular weight is 246 g/mol. The Balaban J connectivity index is 2.11. The molecule has 1 aromatic rings. The molecule has 0 amide bonds. The smallest absolute Gasteiger partial charge is 0.0270 e. The lowest BCUT2D eigenvalue weighted by Gasteiger charge is -2.49. The molecular formula is C16H26N2. The Morgan fingerprint density at radius 3 is 2.39 bits per heavy atom. The third kappa shape index (κ3) is 2.92. The highest BCUT2D eigenvalue weighted by molar-refractivity contribution is 5.27. The first-order chi connectivity index (χ1) is 8.45. The first kappa shape index (κ1) is 13.5. The summed E-state index contributed by atoms with van der Waals surface area (Å²) in [6.07, 6.45) is 7.79. The molecule has 1 saturated carbocycles. The minimum Gasteiger partial charge on any atom is -0.311 e. The molecule has 0 unspecified atom stereocenters. The second kappa shape index (κ2) is 5.00. The van der Waals surface area contributed by atoms with Crippen LogP contribution in [-0.2, 0) is 5.41 Å². The molecule has 1 aliphatic carbocycles. The van der Waals surface area contributed by atoms with Gasteiger partial charge in [-0.1, -0.05) is 13.3 Å². The van der Waals surface area contributed by atoms with Crippen LogP contribution in [0.25, 0.3) is 0 Å². The van der Waals surface area contributed by atoms with Crippen molar-refractivity contribution in [3.8, 4) is 0 Å². The summed E-state index contributed by atoms with van der Waals surface area (Å²) in [5.74, 6) is 0.903. The summed E-state index contributed by atoms with van der Waals surface area (Å²) in [5, 5.41) is 3.69. The van der Waals surface area contributed by atoms with Crippen molar-refractivity contribution in [3.05, 3.63) is 30.1 Å². The largest absolute Gasteiger partial charge is 0.311 e. The Hall–Kier alpha value is -0.890. The quantitative estimate of drug-likeness (QED) is 0.879. The zero-order chi connectivity index (χ0) is 13.2. The highest BCUT2D eigenvalue weighted by atomic mass is 15.0. The molecule has 1 aliphatic rings. The van der Waals surface area contributed by atoms with Gasteiger partial charge in [0.05, 0.1) is 0 Å². The van der Waals surface area contributed by atoms with E-state index in [1.54, 1.807) is 0 Å². The molecule has 0 bridgehead atoms. The summed E-state index contributed by atoms with van der Waals surface area (Å²) < 4.78 is 0. The lowest BCUT2D eigenvalue weighted by atomic mass is 9.58. The SMILES string of the molecule is CCC1CC(CNC(C)(C)C)(c2ccncc2)C1. The normalized spacial score (nSPS) is 27.9. The fourth-order valence-electron chi connectivity index (χ4n) is 2.96. The predicted octanol–water partition coefficient (Wildman–Crippen LogP) is 3.53. The fraction of sp³-hybridized carbons (Fsp3) is 0.688. The standard InChI is InChI=1S/C16H26N2/c1-5-13-10-16(11-13,12-18-15(2,3)4)14-6-8-17-9-7-14/h6-9,13,18H,5,10-12H2,1-4H3. The molecule has 2 nitrogen and oxygen atoms in total. The van der Waals surface area contributed by atoms with Crippen molar-refractivity contribution in [2.75, 3.05) is 6.54 Å². The van der Waals surface area contributed by atoms with Crippen molar-refractivity contribution in [2.45, 2.75) is 57.9 Å². The van der Waals surface area contributed by atoms with Gasteiger partial charge in [-0.3, -0.25) is 4.98 Å². The molecule has 0 spiro atoms. The minimum atomic E-state index is 0.192. The Morgan fingerprint density at radius 2 is 1.89 bits per heavy atom. The third-order valence-corrected chi connectivity index (χ3v) is 4.19. The van der Waals surface area contributed by atoms with Crippen LogP contribution in [0, 0.1) is 5.92 Å². The van der Waals surface area contributed by atoms with Gasteiger partial charge in [-0.15, -0.1) is 0 Å². The maximum Gasteiger partial charge on any atom is 0.0270 e. The zero-order valence-corrected chi connectivity index (χ0v) is 12.2. The monoisotopic (exact) mass is 246 g/mol. The predicted molar refractivity (Wildman–Crippen MR) is 76.7 cm³/mol. The number of aromatic nitrogens is 1. The summed E-state index contributed by atoms with van der Waals surface area (Å²) >= 11 is 0. The van der Waals surface area contributed by atoms with E-state index in [9.17, 15) is 0 Å². The summed E-state index contributed by atoms with van der Waals surface area (Å²) in [7, 11) is 0. The van der Waals surface area contributed by atoms with E-state index in [0.29, 0.717) is 5.41 Å². The van der Waals surface area contributed by atoms with Crippen LogP contribution in [0.5, 0.6) is 0 Å². The van der Waals surface area contributed by atoms with Crippen molar-refractivity contribution < 1.29 is 0 Å². The zero-order valence-electron chi connectivity index (χ0n) is 12.2. The van der Waals surface area contributed by atoms with Crippen LogP contribution < -0.4 is 5.32 Å². The van der Waals surface area contributed by atoms with Gasteiger partial charge in [-0.05, 0) is 57.2 Å². The van der Waals surface area contributed by atoms with Gasteiger partial charge in [-0.25, -0.2) is 0 Å². The summed E-state index contributed by atoms with van der Waals surface area (Å²) in [6, 6.07) is 4.38. The summed E-state index contributed by atoms with van der Waals surface area (Å²) in [4.78, 5) is 4.14. The van der Waals surface area contributed by atoms with Gasteiger partial charge in [0.2, 0.25) is 0 Å². The molecule has 100 valence electrons. The van der Waals surface area contributed by atoms with Gasteiger partial charge in [-0.2, -0.15) is 0 Å². The van der Waals surface area contributed by atoms with E-state index >= 15 is 0 Å². The molecule has 18 heavy (non-hydrogen) atoms. The highest BCUT2D eigenvalue weighted by Crippen LogP contribution is 2.48. The van der Waals surface area contributed by atoms with E-state index in [-0.39, 0.29) is 5.54 Å². The van der Waals surface area contributed by atoms with Gasteiger partial charge in [0.1, 0.15) is 0 Å². The van der Waals surface area contributed by atoms with Crippen molar-refractivity contribution in [1.82, 2.24) is 10.3 Å². The molecule has 0 saturated heterocycles. The topological polar surface area (TPSA) is 24.9 Å². The Kier molecular flexibility index (Phi) is 3.76. The summed E-state index contributed by atoms with van der Waals surface area (Å²) in [6.45, 7) is 10.1. The molecule has 0 radical (unpaired) electrons. The number of rotatable bonds is 4. The molecule has 1 aromatic heterocycles. The van der Waals surface area contributed by atoms with Crippen LogP contribution in [0.15, 0.2) is 24.5 Å². The number of nitrogens with zero attached hydrogens (tertiary/aromatic N) is 1. The highest BCUT2D eigenvalue weighted by Gasteiger charge is 2.44. The van der Waals surface area contributed by atoms with Crippen LogP contribution in [0.1, 0.15) is 52.5 Å². The summed E-state index contributed by atoms with van der Waals surface area (Å²) in [5.41, 5.74) is 1.99. The van der Waals surface area contributed by atoms with Gasteiger partial charge in [0.15, 0.2) is 0 Å². The van der Waals surface area contributed by atoms with Crippen LogP contribution >= 0.6 is 0 Å². The molecule has 2 rings (SSSR count). The van der Waals surface area contributed by atoms with Gasteiger partial charge < -0.3 is 5.32 Å². The van der Waals surface area contributed by atoms with E-state index in [1.165, 1.54) is 24.8 Å². The Bertz CT molecular complexity index is 372. The molecule has 0 aliphatic heterocycles. The first-order valence-corrected chi connectivity index (χ1v) is 7.11. The molecule has 1 N–H and O–H groups in total. The number of pyridine rings is 1. The molecule has 1 fully saturated rings. The van der Waals surface area contributed by atoms with Crippen molar-refractivity contribution in [2.24, 2.45) is 5.92 Å². The molecule has 0 aromatic carbocycles. The molecule has 1 heterocycles. The lowest BCUT2D eigenvalue weighted by Crippen LogP contribution is -2.52. The van der Waals surface area contributed by atoms with Crippen molar-refractivity contribution in [3.63, 3.8) is 0 Å². The maximum absolute atomic E-state index is 4.14. The minimum absolute atomic E-state index is 0.192. The average Bonchev–Trinajstić information content (AvgIpc) is 2.28. The van der Waals surface area contributed by atoms with E-state index in [4.69, 9.17) is 0 Å². The van der Waals surface area contributed by atoms with E-state index in [0.717, 1.165) is 12.5 Å². The second-order valence-electron chi connectivity index (χ2n) is 6.80. The van der Waals surface area contributed by atoms with Crippen molar-refractivity contribution in [1.29, 1.82) is 0 Å². The van der Waals surface area contributed by atoms with E-state index in [1.807, 2.05) is 12.4 Å². The van der Waals surface area contributed by atoms with Gasteiger partial charge >= 0.3 is 0 Å².